The van der Waals surface area contributed by atoms with Crippen LogP contribution in [0.2, 0.25) is 0 Å². The molecule has 0 radical (unpaired) electrons. The molecule has 6 nitrogen and oxygen atoms in total. The topological polar surface area (TPSA) is 81.7 Å². The largest absolute Gasteiger partial charge is 0.465 e. The molecule has 1 heterocycles. The number of carbonyl (C=O) groups excluding carboxylic acids is 1. The van der Waals surface area contributed by atoms with E-state index in [1.807, 2.05) is 24.3 Å². The van der Waals surface area contributed by atoms with Crippen molar-refractivity contribution < 1.29 is 14.7 Å². The van der Waals surface area contributed by atoms with Crippen LogP contribution in [0.5, 0.6) is 0 Å². The fraction of sp³-hybridized carbons (Fsp3) is 0.333. The number of allylic oxidation sites excluding steroid dienone is 2. The lowest BCUT2D eigenvalue weighted by Crippen LogP contribution is -2.32. The second-order valence-electron chi connectivity index (χ2n) is 7.98. The highest BCUT2D eigenvalue weighted by molar-refractivity contribution is 6.06. The van der Waals surface area contributed by atoms with Crippen molar-refractivity contribution in [2.45, 2.75) is 33.2 Å². The third kappa shape index (κ3) is 6.19. The quantitative estimate of drug-likeness (QED) is 0.574. The van der Waals surface area contributed by atoms with Crippen LogP contribution in [0.15, 0.2) is 60.2 Å². The Morgan fingerprint density at radius 2 is 1.60 bits per heavy atom. The van der Waals surface area contributed by atoms with Crippen molar-refractivity contribution in [3.63, 3.8) is 0 Å². The molecule has 1 aliphatic heterocycles. The molecule has 3 N–H and O–H groups in total. The summed E-state index contributed by atoms with van der Waals surface area (Å²) >= 11 is 0. The Bertz CT molecular complexity index is 910. The number of hydrogen-bond donors (Lipinski definition) is 3. The number of likely N-dealkylation sites (tertiary alicyclic amines) is 1. The molecule has 1 saturated heterocycles. The Kier molecular flexibility index (Phi) is 7.25. The van der Waals surface area contributed by atoms with E-state index < -0.39 is 6.09 Å². The van der Waals surface area contributed by atoms with Gasteiger partial charge in [0.05, 0.1) is 11.4 Å². The Balaban J connectivity index is 1.56. The van der Waals surface area contributed by atoms with E-state index >= 15 is 0 Å². The lowest BCUT2D eigenvalue weighted by molar-refractivity contribution is 0.102. The van der Waals surface area contributed by atoms with Gasteiger partial charge in [-0.3, -0.25) is 15.0 Å². The van der Waals surface area contributed by atoms with Gasteiger partial charge < -0.3 is 10.4 Å². The summed E-state index contributed by atoms with van der Waals surface area (Å²) in [7, 11) is 0. The molecule has 6 heteroatoms. The number of carboxylic acid groups (broad SMARTS) is 1. The minimum Gasteiger partial charge on any atom is -0.465 e. The van der Waals surface area contributed by atoms with Crippen LogP contribution in [0.4, 0.5) is 16.2 Å². The van der Waals surface area contributed by atoms with E-state index in [4.69, 9.17) is 5.11 Å². The van der Waals surface area contributed by atoms with Crippen LogP contribution in [0.3, 0.4) is 0 Å². The first kappa shape index (κ1) is 21.6. The van der Waals surface area contributed by atoms with Gasteiger partial charge in [-0.05, 0) is 75.5 Å². The highest BCUT2D eigenvalue weighted by Crippen LogP contribution is 2.23. The van der Waals surface area contributed by atoms with E-state index in [1.54, 1.807) is 24.3 Å². The summed E-state index contributed by atoms with van der Waals surface area (Å²) < 4.78 is 0. The van der Waals surface area contributed by atoms with Crippen LogP contribution in [0.25, 0.3) is 0 Å². The minimum atomic E-state index is -1.18. The summed E-state index contributed by atoms with van der Waals surface area (Å²) in [5.74, 6) is 0.416. The predicted octanol–water partition coefficient (Wildman–Crippen LogP) is 5.21. The molecule has 2 aromatic rings. The maximum Gasteiger partial charge on any atom is 0.409 e. The van der Waals surface area contributed by atoms with Gasteiger partial charge >= 0.3 is 6.09 Å². The molecular formula is C24H29N3O3. The van der Waals surface area contributed by atoms with Gasteiger partial charge in [0.15, 0.2) is 0 Å². The van der Waals surface area contributed by atoms with E-state index in [0.29, 0.717) is 22.9 Å². The van der Waals surface area contributed by atoms with Crippen molar-refractivity contribution in [2.75, 3.05) is 23.7 Å². The average molecular weight is 408 g/mol. The van der Waals surface area contributed by atoms with Crippen LogP contribution in [0, 0.1) is 5.92 Å². The second kappa shape index (κ2) is 10.1. The highest BCUT2D eigenvalue weighted by Gasteiger charge is 2.18. The SMILES string of the molecule is CC(C)=CC1CCN(Cc2ccc(C(=O)Nc3ccccc3NC(=O)O)cc2)CC1. The zero-order valence-electron chi connectivity index (χ0n) is 17.5. The number of rotatable bonds is 6. The Morgan fingerprint density at radius 3 is 2.17 bits per heavy atom. The van der Waals surface area contributed by atoms with Crippen molar-refractivity contribution in [2.24, 2.45) is 5.92 Å². The van der Waals surface area contributed by atoms with Gasteiger partial charge in [-0.15, -0.1) is 0 Å². The number of benzene rings is 2. The zero-order chi connectivity index (χ0) is 21.5. The van der Waals surface area contributed by atoms with E-state index in [9.17, 15) is 9.59 Å². The van der Waals surface area contributed by atoms with Crippen molar-refractivity contribution in [1.29, 1.82) is 0 Å². The van der Waals surface area contributed by atoms with Crippen molar-refractivity contribution in [1.82, 2.24) is 4.90 Å². The third-order valence-electron chi connectivity index (χ3n) is 5.24. The average Bonchev–Trinajstić information content (AvgIpc) is 2.71. The molecule has 0 atom stereocenters. The number of amides is 2. The first-order valence-corrected chi connectivity index (χ1v) is 10.3. The predicted molar refractivity (Wildman–Crippen MR) is 120 cm³/mol. The smallest absolute Gasteiger partial charge is 0.409 e. The molecule has 0 unspecified atom stereocenters. The third-order valence-corrected chi connectivity index (χ3v) is 5.24. The molecule has 1 fully saturated rings. The number of para-hydroxylation sites is 2. The zero-order valence-corrected chi connectivity index (χ0v) is 17.5. The summed E-state index contributed by atoms with van der Waals surface area (Å²) in [6.07, 6.45) is 3.59. The Labute approximate surface area is 177 Å². The molecule has 158 valence electrons. The van der Waals surface area contributed by atoms with E-state index in [2.05, 4.69) is 35.5 Å². The van der Waals surface area contributed by atoms with Gasteiger partial charge in [-0.2, -0.15) is 0 Å². The molecule has 0 saturated carbocycles. The van der Waals surface area contributed by atoms with Gasteiger partial charge in [-0.25, -0.2) is 4.79 Å². The van der Waals surface area contributed by atoms with E-state index in [-0.39, 0.29) is 5.91 Å². The molecule has 2 aromatic carbocycles. The van der Waals surface area contributed by atoms with Crippen LogP contribution in [-0.2, 0) is 6.54 Å². The molecule has 0 bridgehead atoms. The summed E-state index contributed by atoms with van der Waals surface area (Å²) in [5.41, 5.74) is 3.87. The van der Waals surface area contributed by atoms with Gasteiger partial charge in [0, 0.05) is 12.1 Å². The van der Waals surface area contributed by atoms with Gasteiger partial charge in [0.1, 0.15) is 0 Å². The molecule has 2 amide bonds. The first-order valence-electron chi connectivity index (χ1n) is 10.3. The van der Waals surface area contributed by atoms with Gasteiger partial charge in [0.2, 0.25) is 0 Å². The van der Waals surface area contributed by atoms with E-state index in [0.717, 1.165) is 19.6 Å². The first-order chi connectivity index (χ1) is 14.4. The highest BCUT2D eigenvalue weighted by atomic mass is 16.4. The summed E-state index contributed by atoms with van der Waals surface area (Å²) in [5, 5.41) is 14.0. The van der Waals surface area contributed by atoms with Crippen molar-refractivity contribution in [3.8, 4) is 0 Å². The van der Waals surface area contributed by atoms with Crippen molar-refractivity contribution >= 4 is 23.4 Å². The minimum absolute atomic E-state index is 0.274. The fourth-order valence-corrected chi connectivity index (χ4v) is 3.78. The molecule has 0 spiro atoms. The van der Waals surface area contributed by atoms with Crippen molar-refractivity contribution in [3.05, 3.63) is 71.3 Å². The van der Waals surface area contributed by atoms with Crippen LogP contribution in [-0.4, -0.2) is 35.1 Å². The molecule has 0 aliphatic carbocycles. The number of anilines is 2. The monoisotopic (exact) mass is 407 g/mol. The number of hydrogen-bond acceptors (Lipinski definition) is 3. The maximum atomic E-state index is 12.6. The number of nitrogens with zero attached hydrogens (tertiary/aromatic N) is 1. The molecule has 30 heavy (non-hydrogen) atoms. The van der Waals surface area contributed by atoms with Crippen LogP contribution < -0.4 is 10.6 Å². The number of nitrogens with one attached hydrogen (secondary N) is 2. The summed E-state index contributed by atoms with van der Waals surface area (Å²) in [6, 6.07) is 14.3. The van der Waals surface area contributed by atoms with E-state index in [1.165, 1.54) is 24.0 Å². The number of carbonyl (C=O) groups is 2. The fourth-order valence-electron chi connectivity index (χ4n) is 3.78. The lowest BCUT2D eigenvalue weighted by atomic mass is 9.94. The standard InChI is InChI=1S/C24H29N3O3/c1-17(2)15-18-11-13-27(14-12-18)16-19-7-9-20(10-8-19)23(28)25-21-5-3-4-6-22(21)26-24(29)30/h3-10,15,18,26H,11-14,16H2,1-2H3,(H,25,28)(H,29,30). The summed E-state index contributed by atoms with van der Waals surface area (Å²) in [6.45, 7) is 7.37. The molecule has 1 aliphatic rings. The maximum absolute atomic E-state index is 12.6. The van der Waals surface area contributed by atoms with Gasteiger partial charge in [-0.1, -0.05) is 35.9 Å². The lowest BCUT2D eigenvalue weighted by Gasteiger charge is -2.31. The summed E-state index contributed by atoms with van der Waals surface area (Å²) in [4.78, 5) is 25.9. The van der Waals surface area contributed by atoms with Crippen LogP contribution >= 0.6 is 0 Å². The number of piperidine rings is 1. The van der Waals surface area contributed by atoms with Gasteiger partial charge in [0.25, 0.3) is 5.91 Å². The Morgan fingerprint density at radius 1 is 1.00 bits per heavy atom. The Hall–Kier alpha value is -3.12. The second-order valence-corrected chi connectivity index (χ2v) is 7.98. The molecule has 0 aromatic heterocycles. The molecular weight excluding hydrogens is 378 g/mol. The molecule has 3 rings (SSSR count). The van der Waals surface area contributed by atoms with Crippen LogP contribution in [0.1, 0.15) is 42.6 Å². The normalized spacial score (nSPS) is 14.7.